The Morgan fingerprint density at radius 2 is 1.92 bits per heavy atom. The van der Waals surface area contributed by atoms with Crippen molar-refractivity contribution in [1.29, 1.82) is 0 Å². The summed E-state index contributed by atoms with van der Waals surface area (Å²) in [5, 5.41) is 4.94. The van der Waals surface area contributed by atoms with Crippen molar-refractivity contribution in [2.24, 2.45) is 0 Å². The monoisotopic (exact) mass is 371 g/mol. The zero-order valence-electron chi connectivity index (χ0n) is 15.1. The van der Waals surface area contributed by atoms with Gasteiger partial charge in [-0.2, -0.15) is 0 Å². The topological polar surface area (TPSA) is 52.7 Å². The van der Waals surface area contributed by atoms with Gasteiger partial charge in [0.2, 0.25) is 5.91 Å². The average Bonchev–Trinajstić information content (AvgIpc) is 3.15. The third kappa shape index (κ3) is 5.16. The van der Waals surface area contributed by atoms with E-state index in [9.17, 15) is 9.59 Å². The molecule has 26 heavy (non-hydrogen) atoms. The van der Waals surface area contributed by atoms with E-state index in [2.05, 4.69) is 27.7 Å². The van der Waals surface area contributed by atoms with Crippen LogP contribution in [-0.4, -0.2) is 54.3 Å². The summed E-state index contributed by atoms with van der Waals surface area (Å²) in [6.45, 7) is 6.62. The van der Waals surface area contributed by atoms with E-state index in [-0.39, 0.29) is 11.8 Å². The number of piperazine rings is 1. The quantitative estimate of drug-likeness (QED) is 0.849. The molecule has 1 aromatic carbocycles. The molecule has 138 valence electrons. The number of rotatable bonds is 6. The highest BCUT2D eigenvalue weighted by Crippen LogP contribution is 2.13. The first-order chi connectivity index (χ1) is 12.6. The van der Waals surface area contributed by atoms with Gasteiger partial charge in [-0.25, -0.2) is 0 Å². The second-order valence-electron chi connectivity index (χ2n) is 6.61. The van der Waals surface area contributed by atoms with Gasteiger partial charge in [-0.3, -0.25) is 14.5 Å². The van der Waals surface area contributed by atoms with Crippen molar-refractivity contribution >= 4 is 23.2 Å². The van der Waals surface area contributed by atoms with E-state index in [1.54, 1.807) is 17.4 Å². The molecule has 1 fully saturated rings. The number of carbonyl (C=O) groups is 2. The van der Waals surface area contributed by atoms with Gasteiger partial charge in [-0.05, 0) is 30.5 Å². The first-order valence-electron chi connectivity index (χ1n) is 8.99. The normalized spacial score (nSPS) is 15.0. The second kappa shape index (κ2) is 8.96. The van der Waals surface area contributed by atoms with E-state index in [0.29, 0.717) is 18.5 Å². The third-order valence-corrected chi connectivity index (χ3v) is 5.45. The fourth-order valence-corrected chi connectivity index (χ4v) is 3.85. The van der Waals surface area contributed by atoms with Crippen molar-refractivity contribution in [2.75, 3.05) is 32.7 Å². The maximum absolute atomic E-state index is 12.4. The summed E-state index contributed by atoms with van der Waals surface area (Å²) in [4.78, 5) is 30.1. The Morgan fingerprint density at radius 1 is 1.12 bits per heavy atom. The van der Waals surface area contributed by atoms with E-state index in [1.165, 1.54) is 4.88 Å². The summed E-state index contributed by atoms with van der Waals surface area (Å²) in [5.41, 5.74) is 1.69. The van der Waals surface area contributed by atoms with Gasteiger partial charge in [0.15, 0.2) is 0 Å². The molecule has 1 N–H and O–H groups in total. The predicted octanol–water partition coefficient (Wildman–Crippen LogP) is 2.52. The van der Waals surface area contributed by atoms with Gasteiger partial charge in [-0.15, -0.1) is 11.3 Å². The summed E-state index contributed by atoms with van der Waals surface area (Å²) in [7, 11) is 0. The molecule has 0 radical (unpaired) electrons. The summed E-state index contributed by atoms with van der Waals surface area (Å²) >= 11 is 1.77. The molecular formula is C20H25N3O2S. The third-order valence-electron chi connectivity index (χ3n) is 4.59. The molecule has 5 nitrogen and oxygen atoms in total. The van der Waals surface area contributed by atoms with Gasteiger partial charge in [-0.1, -0.05) is 23.8 Å². The molecule has 0 bridgehead atoms. The number of hydrogen-bond donors (Lipinski definition) is 1. The number of hydrogen-bond acceptors (Lipinski definition) is 4. The smallest absolute Gasteiger partial charge is 0.251 e. The highest BCUT2D eigenvalue weighted by molar-refractivity contribution is 7.09. The molecule has 1 aliphatic rings. The van der Waals surface area contributed by atoms with Crippen LogP contribution < -0.4 is 5.32 Å². The minimum absolute atomic E-state index is 0.116. The fraction of sp³-hybridized carbons (Fsp3) is 0.400. The highest BCUT2D eigenvalue weighted by Gasteiger charge is 2.21. The number of aryl methyl sites for hydroxylation is 1. The Kier molecular flexibility index (Phi) is 6.41. The number of nitrogens with one attached hydrogen (secondary N) is 1. The van der Waals surface area contributed by atoms with E-state index >= 15 is 0 Å². The van der Waals surface area contributed by atoms with E-state index in [1.807, 2.05) is 30.0 Å². The number of benzene rings is 1. The van der Waals surface area contributed by atoms with Gasteiger partial charge in [0, 0.05) is 56.1 Å². The summed E-state index contributed by atoms with van der Waals surface area (Å²) in [5.74, 6) is -0.00687. The maximum atomic E-state index is 12.4. The second-order valence-corrected chi connectivity index (χ2v) is 7.64. The Hall–Kier alpha value is -2.18. The molecule has 6 heteroatoms. The summed E-state index contributed by atoms with van der Waals surface area (Å²) in [6, 6.07) is 11.7. The predicted molar refractivity (Wildman–Crippen MR) is 104 cm³/mol. The summed E-state index contributed by atoms with van der Waals surface area (Å²) in [6.07, 6.45) is 0.350. The molecule has 1 aliphatic heterocycles. The zero-order chi connectivity index (χ0) is 18.4. The van der Waals surface area contributed by atoms with Gasteiger partial charge >= 0.3 is 0 Å². The molecule has 0 unspecified atom stereocenters. The van der Waals surface area contributed by atoms with Gasteiger partial charge in [0.25, 0.3) is 5.91 Å². The minimum Gasteiger partial charge on any atom is -0.352 e. The molecule has 0 saturated carbocycles. The number of nitrogens with zero attached hydrogens (tertiary/aromatic N) is 2. The number of carbonyl (C=O) groups excluding carboxylic acids is 2. The van der Waals surface area contributed by atoms with Crippen molar-refractivity contribution in [3.63, 3.8) is 0 Å². The van der Waals surface area contributed by atoms with Crippen LogP contribution in [0, 0.1) is 6.92 Å². The van der Waals surface area contributed by atoms with Crippen LogP contribution in [0.25, 0.3) is 0 Å². The van der Waals surface area contributed by atoms with Crippen molar-refractivity contribution in [3.05, 3.63) is 57.8 Å². The van der Waals surface area contributed by atoms with Gasteiger partial charge < -0.3 is 10.2 Å². The molecular weight excluding hydrogens is 346 g/mol. The molecule has 2 amide bonds. The average molecular weight is 372 g/mol. The molecule has 2 aromatic rings. The van der Waals surface area contributed by atoms with E-state index in [0.717, 1.165) is 38.3 Å². The largest absolute Gasteiger partial charge is 0.352 e. The number of thiophene rings is 1. The molecule has 1 aromatic heterocycles. The molecule has 0 atom stereocenters. The van der Waals surface area contributed by atoms with Crippen LogP contribution in [0.15, 0.2) is 41.8 Å². The van der Waals surface area contributed by atoms with E-state index in [4.69, 9.17) is 0 Å². The lowest BCUT2D eigenvalue weighted by atomic mass is 10.1. The van der Waals surface area contributed by atoms with Crippen LogP contribution in [0.1, 0.15) is 27.2 Å². The Labute approximate surface area is 158 Å². The van der Waals surface area contributed by atoms with Crippen LogP contribution in [0.4, 0.5) is 0 Å². The first-order valence-corrected chi connectivity index (χ1v) is 9.87. The van der Waals surface area contributed by atoms with Crippen LogP contribution in [0.3, 0.4) is 0 Å². The Bertz CT molecular complexity index is 737. The molecule has 2 heterocycles. The molecule has 0 spiro atoms. The fourth-order valence-electron chi connectivity index (χ4n) is 3.11. The molecule has 0 aliphatic carbocycles. The first kappa shape index (κ1) is 18.6. The zero-order valence-corrected chi connectivity index (χ0v) is 15.9. The molecule has 1 saturated heterocycles. The standard InChI is InChI=1S/C20H25N3O2S/c1-16-4-2-5-17(14-16)20(25)21-8-7-19(24)23-11-9-22(10-12-23)15-18-6-3-13-26-18/h2-6,13-14H,7-12,15H2,1H3,(H,21,25). The lowest BCUT2D eigenvalue weighted by Gasteiger charge is -2.34. The van der Waals surface area contributed by atoms with E-state index < -0.39 is 0 Å². The SMILES string of the molecule is Cc1cccc(C(=O)NCCC(=O)N2CCN(Cc3cccs3)CC2)c1. The van der Waals surface area contributed by atoms with Crippen molar-refractivity contribution < 1.29 is 9.59 Å². The van der Waals surface area contributed by atoms with Gasteiger partial charge in [0.05, 0.1) is 0 Å². The van der Waals surface area contributed by atoms with Crippen molar-refractivity contribution in [2.45, 2.75) is 19.9 Å². The van der Waals surface area contributed by atoms with Crippen molar-refractivity contribution in [3.8, 4) is 0 Å². The molecule has 3 rings (SSSR count). The number of amides is 2. The highest BCUT2D eigenvalue weighted by atomic mass is 32.1. The lowest BCUT2D eigenvalue weighted by molar-refractivity contribution is -0.132. The Balaban J connectivity index is 1.37. The van der Waals surface area contributed by atoms with Crippen LogP contribution in [-0.2, 0) is 11.3 Å². The van der Waals surface area contributed by atoms with Crippen molar-refractivity contribution in [1.82, 2.24) is 15.1 Å². The van der Waals surface area contributed by atoms with Gasteiger partial charge in [0.1, 0.15) is 0 Å². The minimum atomic E-state index is -0.123. The Morgan fingerprint density at radius 3 is 2.62 bits per heavy atom. The van der Waals surface area contributed by atoms with Crippen LogP contribution >= 0.6 is 11.3 Å². The lowest BCUT2D eigenvalue weighted by Crippen LogP contribution is -2.48. The van der Waals surface area contributed by atoms with Crippen LogP contribution in [0.2, 0.25) is 0 Å². The van der Waals surface area contributed by atoms with Crippen LogP contribution in [0.5, 0.6) is 0 Å². The summed E-state index contributed by atoms with van der Waals surface area (Å²) < 4.78 is 0. The maximum Gasteiger partial charge on any atom is 0.251 e.